The van der Waals surface area contributed by atoms with Crippen LogP contribution in [0.3, 0.4) is 0 Å². The van der Waals surface area contributed by atoms with Crippen LogP contribution < -0.4 is 0 Å². The van der Waals surface area contributed by atoms with E-state index < -0.39 is 26.5 Å². The van der Waals surface area contributed by atoms with Gasteiger partial charge in [0.15, 0.2) is 6.10 Å². The number of esters is 2. The van der Waals surface area contributed by atoms with E-state index in [-0.39, 0.29) is 37.6 Å². The van der Waals surface area contributed by atoms with Gasteiger partial charge in [0.2, 0.25) is 0 Å². The second-order valence-electron chi connectivity index (χ2n) is 13.8. The molecule has 0 heterocycles. The quantitative estimate of drug-likeness (QED) is 0.0375. The molecule has 0 aromatic carbocycles. The smallest absolute Gasteiger partial charge is 0.462 e. The maximum Gasteiger partial charge on any atom is 0.472 e. The van der Waals surface area contributed by atoms with Crippen molar-refractivity contribution in [3.63, 3.8) is 0 Å². The molecular weight excluding hydrogens is 585 g/mol. The van der Waals surface area contributed by atoms with E-state index in [2.05, 4.69) is 6.92 Å². The number of likely N-dealkylation sites (N-methyl/N-ethyl adjacent to an activating group) is 1. The lowest BCUT2D eigenvalue weighted by molar-refractivity contribution is -0.870. The van der Waals surface area contributed by atoms with Gasteiger partial charge in [-0.25, -0.2) is 4.57 Å². The van der Waals surface area contributed by atoms with Crippen LogP contribution in [0.1, 0.15) is 137 Å². The summed E-state index contributed by atoms with van der Waals surface area (Å²) in [5.74, 6) is -0.888. The largest absolute Gasteiger partial charge is 0.472 e. The Labute approximate surface area is 269 Å². The first-order valence-corrected chi connectivity index (χ1v) is 18.5. The fourth-order valence-corrected chi connectivity index (χ4v) is 5.04. The zero-order valence-electron chi connectivity index (χ0n) is 29.2. The number of rotatable bonds is 29. The third-order valence-corrected chi connectivity index (χ3v) is 7.95. The van der Waals surface area contributed by atoms with Gasteiger partial charge in [-0.1, -0.05) is 84.0 Å². The Bertz CT molecular complexity index is 780. The number of ether oxygens (including phenoxy) is 3. The maximum atomic E-state index is 12.4. The van der Waals surface area contributed by atoms with Gasteiger partial charge >= 0.3 is 19.8 Å². The van der Waals surface area contributed by atoms with Gasteiger partial charge in [0.1, 0.15) is 19.8 Å². The van der Waals surface area contributed by atoms with E-state index in [1.165, 1.54) is 64.2 Å². The fourth-order valence-electron chi connectivity index (χ4n) is 4.30. The van der Waals surface area contributed by atoms with Crippen LogP contribution in [-0.4, -0.2) is 87.1 Å². The van der Waals surface area contributed by atoms with Gasteiger partial charge in [0.05, 0.1) is 33.4 Å². The molecule has 0 rings (SSSR count). The number of carbonyl (C=O) groups excluding carboxylic acids is 2. The molecule has 0 aliphatic rings. The Morgan fingerprint density at radius 3 is 1.73 bits per heavy atom. The first-order chi connectivity index (χ1) is 20.6. The van der Waals surface area contributed by atoms with Crippen molar-refractivity contribution in [2.45, 2.75) is 149 Å². The van der Waals surface area contributed by atoms with Gasteiger partial charge in [-0.2, -0.15) is 0 Å². The maximum absolute atomic E-state index is 12.4. The minimum atomic E-state index is -4.37. The predicted molar refractivity (Wildman–Crippen MR) is 175 cm³/mol. The molecule has 44 heavy (non-hydrogen) atoms. The molecule has 0 saturated carbocycles. The van der Waals surface area contributed by atoms with Crippen molar-refractivity contribution in [2.24, 2.45) is 0 Å². The minimum absolute atomic E-state index is 0.0203. The van der Waals surface area contributed by atoms with Crippen LogP contribution in [0, 0.1) is 0 Å². The van der Waals surface area contributed by atoms with E-state index in [1.54, 1.807) is 0 Å². The van der Waals surface area contributed by atoms with Crippen molar-refractivity contribution in [1.82, 2.24) is 0 Å². The summed E-state index contributed by atoms with van der Waals surface area (Å²) < 4.78 is 39.5. The van der Waals surface area contributed by atoms with Crippen LogP contribution in [0.5, 0.6) is 0 Å². The molecule has 262 valence electrons. The van der Waals surface area contributed by atoms with E-state index in [9.17, 15) is 19.0 Å². The Balaban J connectivity index is 4.43. The molecule has 0 bridgehead atoms. The number of phosphoric acid groups is 1. The molecule has 0 aromatic rings. The summed E-state index contributed by atoms with van der Waals surface area (Å²) >= 11 is 0. The normalized spacial score (nSPS) is 14.3. The number of nitrogens with zero attached hydrogens (tertiary/aromatic N) is 1. The van der Waals surface area contributed by atoms with Gasteiger partial charge in [0, 0.05) is 19.4 Å². The topological polar surface area (TPSA) is 118 Å². The van der Waals surface area contributed by atoms with Gasteiger partial charge < -0.3 is 23.6 Å². The average molecular weight is 653 g/mol. The van der Waals surface area contributed by atoms with E-state index in [1.807, 2.05) is 41.9 Å². The number of unbranched alkanes of at least 4 members (excludes halogenated alkanes) is 13. The Hall–Kier alpha value is -1.03. The van der Waals surface area contributed by atoms with Crippen molar-refractivity contribution in [2.75, 3.05) is 54.1 Å². The standard InChI is InChI=1S/C33H66NO9P/c1-8-9-10-11-12-13-14-15-16-17-18-19-20-23-31(35)39-28-30(29-42-44(37,38)41-27-25-34(5,6)7)43-32(36)24-21-22-26-40-33(2,3)4/h30H,8-29H2,1-7H3/p+1. The molecule has 0 fully saturated rings. The molecule has 10 nitrogen and oxygen atoms in total. The van der Waals surface area contributed by atoms with E-state index >= 15 is 0 Å². The molecule has 0 aromatic heterocycles. The highest BCUT2D eigenvalue weighted by atomic mass is 31.2. The number of hydrogen-bond donors (Lipinski definition) is 1. The van der Waals surface area contributed by atoms with Crippen LogP contribution in [0.25, 0.3) is 0 Å². The lowest BCUT2D eigenvalue weighted by atomic mass is 10.0. The van der Waals surface area contributed by atoms with E-state index in [0.717, 1.165) is 19.3 Å². The first-order valence-electron chi connectivity index (χ1n) is 17.0. The zero-order chi connectivity index (χ0) is 33.3. The Kier molecular flexibility index (Phi) is 24.5. The molecule has 0 aliphatic carbocycles. The number of hydrogen-bond acceptors (Lipinski definition) is 8. The molecular formula is C33H67NO9P+. The zero-order valence-corrected chi connectivity index (χ0v) is 30.1. The summed E-state index contributed by atoms with van der Waals surface area (Å²) in [6.45, 7) is 8.52. The van der Waals surface area contributed by atoms with Crippen molar-refractivity contribution < 1.29 is 46.8 Å². The molecule has 1 N–H and O–H groups in total. The molecule has 0 radical (unpaired) electrons. The number of phosphoric ester groups is 1. The molecule has 2 unspecified atom stereocenters. The summed E-state index contributed by atoms with van der Waals surface area (Å²) in [5, 5.41) is 0. The predicted octanol–water partition coefficient (Wildman–Crippen LogP) is 7.75. The summed E-state index contributed by atoms with van der Waals surface area (Å²) in [5.41, 5.74) is -0.244. The van der Waals surface area contributed by atoms with Crippen molar-refractivity contribution in [3.8, 4) is 0 Å². The summed E-state index contributed by atoms with van der Waals surface area (Å²) in [7, 11) is 1.43. The third kappa shape index (κ3) is 31.0. The Morgan fingerprint density at radius 2 is 1.20 bits per heavy atom. The van der Waals surface area contributed by atoms with Crippen molar-refractivity contribution in [3.05, 3.63) is 0 Å². The van der Waals surface area contributed by atoms with Gasteiger partial charge in [0.25, 0.3) is 0 Å². The average Bonchev–Trinajstić information content (AvgIpc) is 2.91. The van der Waals surface area contributed by atoms with E-state index in [0.29, 0.717) is 30.5 Å². The highest BCUT2D eigenvalue weighted by molar-refractivity contribution is 7.47. The molecule has 11 heteroatoms. The summed E-state index contributed by atoms with van der Waals surface area (Å²) in [4.78, 5) is 34.9. The Morgan fingerprint density at radius 1 is 0.705 bits per heavy atom. The van der Waals surface area contributed by atoms with Gasteiger partial charge in [-0.05, 0) is 40.0 Å². The van der Waals surface area contributed by atoms with Crippen molar-refractivity contribution >= 4 is 19.8 Å². The highest BCUT2D eigenvalue weighted by Crippen LogP contribution is 2.43. The molecule has 0 amide bonds. The van der Waals surface area contributed by atoms with Gasteiger partial charge in [-0.15, -0.1) is 0 Å². The van der Waals surface area contributed by atoms with Crippen LogP contribution in [0.4, 0.5) is 0 Å². The van der Waals surface area contributed by atoms with Crippen LogP contribution in [-0.2, 0) is 37.4 Å². The third-order valence-electron chi connectivity index (χ3n) is 6.96. The lowest BCUT2D eigenvalue weighted by Crippen LogP contribution is -2.37. The molecule has 0 aliphatic heterocycles. The molecule has 0 saturated heterocycles. The summed E-state index contributed by atoms with van der Waals surface area (Å²) in [6.07, 6.45) is 16.5. The second kappa shape index (κ2) is 25.1. The monoisotopic (exact) mass is 652 g/mol. The van der Waals surface area contributed by atoms with Crippen molar-refractivity contribution in [1.29, 1.82) is 0 Å². The lowest BCUT2D eigenvalue weighted by Gasteiger charge is -2.24. The number of carbonyl (C=O) groups is 2. The first kappa shape index (κ1) is 43.0. The fraction of sp³-hybridized carbons (Fsp3) is 0.939. The van der Waals surface area contributed by atoms with Crippen LogP contribution in [0.15, 0.2) is 0 Å². The summed E-state index contributed by atoms with van der Waals surface area (Å²) in [6, 6.07) is 0. The highest BCUT2D eigenvalue weighted by Gasteiger charge is 2.27. The van der Waals surface area contributed by atoms with E-state index in [4.69, 9.17) is 23.3 Å². The minimum Gasteiger partial charge on any atom is -0.462 e. The number of quaternary nitrogens is 1. The second-order valence-corrected chi connectivity index (χ2v) is 15.3. The van der Waals surface area contributed by atoms with Gasteiger partial charge in [-0.3, -0.25) is 18.6 Å². The SMILES string of the molecule is CCCCCCCCCCCCCCCC(=O)OCC(COP(=O)(O)OCC[N+](C)(C)C)OC(=O)CCCCOC(C)(C)C. The molecule has 0 spiro atoms. The molecule has 2 atom stereocenters. The van der Waals surface area contributed by atoms with Crippen LogP contribution >= 0.6 is 7.82 Å². The van der Waals surface area contributed by atoms with Crippen LogP contribution in [0.2, 0.25) is 0 Å².